The van der Waals surface area contributed by atoms with Crippen molar-refractivity contribution >= 4 is 28.6 Å². The Bertz CT molecular complexity index is 786. The molecule has 126 valence electrons. The molecule has 1 atom stereocenters. The van der Waals surface area contributed by atoms with Gasteiger partial charge in [0.15, 0.2) is 5.65 Å². The Kier molecular flexibility index (Phi) is 4.29. The van der Waals surface area contributed by atoms with Crippen molar-refractivity contribution in [2.24, 2.45) is 5.73 Å². The smallest absolute Gasteiger partial charge is 0.164 e. The van der Waals surface area contributed by atoms with Crippen LogP contribution in [-0.4, -0.2) is 32.1 Å². The predicted molar refractivity (Wildman–Crippen MR) is 98.2 cm³/mol. The van der Waals surface area contributed by atoms with E-state index in [-0.39, 0.29) is 5.38 Å². The fourth-order valence-corrected chi connectivity index (χ4v) is 3.74. The van der Waals surface area contributed by atoms with E-state index in [0.717, 1.165) is 49.1 Å². The molecule has 0 bridgehead atoms. The van der Waals surface area contributed by atoms with E-state index in [4.69, 9.17) is 22.3 Å². The number of fused-ring (bicyclic) bond motifs is 1. The number of nitrogens with zero attached hydrogens (tertiary/aromatic N) is 3. The van der Waals surface area contributed by atoms with Crippen molar-refractivity contribution < 1.29 is 0 Å². The highest BCUT2D eigenvalue weighted by molar-refractivity contribution is 6.22. The molecule has 2 heterocycles. The van der Waals surface area contributed by atoms with Crippen molar-refractivity contribution in [3.05, 3.63) is 42.3 Å². The van der Waals surface area contributed by atoms with Crippen molar-refractivity contribution in [1.82, 2.24) is 14.6 Å². The van der Waals surface area contributed by atoms with Crippen LogP contribution in [0.3, 0.4) is 0 Å². The van der Waals surface area contributed by atoms with Gasteiger partial charge >= 0.3 is 0 Å². The van der Waals surface area contributed by atoms with Gasteiger partial charge in [0.2, 0.25) is 0 Å². The van der Waals surface area contributed by atoms with Crippen LogP contribution in [0.2, 0.25) is 0 Å². The molecule has 2 aromatic heterocycles. The van der Waals surface area contributed by atoms with Crippen LogP contribution in [0, 0.1) is 0 Å². The average Bonchev–Trinajstić information content (AvgIpc) is 3.00. The van der Waals surface area contributed by atoms with Gasteiger partial charge in [0.1, 0.15) is 5.82 Å². The first kappa shape index (κ1) is 15.7. The number of halogens is 1. The lowest BCUT2D eigenvalue weighted by molar-refractivity contribution is 0.410. The summed E-state index contributed by atoms with van der Waals surface area (Å²) in [6.07, 6.45) is 15.1. The second-order valence-corrected chi connectivity index (χ2v) is 7.25. The lowest BCUT2D eigenvalue weighted by Gasteiger charge is -2.27. The lowest BCUT2D eigenvalue weighted by atomic mass is 9.92. The second kappa shape index (κ2) is 6.57. The third-order valence-corrected chi connectivity index (χ3v) is 5.17. The Morgan fingerprint density at radius 3 is 2.88 bits per heavy atom. The normalized spacial score (nSPS) is 27.2. The van der Waals surface area contributed by atoms with Crippen LogP contribution in [-0.2, 0) is 0 Å². The number of aromatic nitrogens is 3. The number of anilines is 1. The summed E-state index contributed by atoms with van der Waals surface area (Å²) in [4.78, 5) is 4.80. The van der Waals surface area contributed by atoms with Gasteiger partial charge in [-0.05, 0) is 43.7 Å². The quantitative estimate of drug-likeness (QED) is 0.838. The zero-order valence-electron chi connectivity index (χ0n) is 13.5. The zero-order valence-corrected chi connectivity index (χ0v) is 14.3. The van der Waals surface area contributed by atoms with Crippen LogP contribution >= 0.6 is 11.6 Å². The fourth-order valence-electron chi connectivity index (χ4n) is 3.49. The van der Waals surface area contributed by atoms with Gasteiger partial charge in [-0.15, -0.1) is 11.6 Å². The van der Waals surface area contributed by atoms with E-state index in [1.54, 1.807) is 0 Å². The first-order chi connectivity index (χ1) is 11.7. The fraction of sp³-hybridized carbons (Fsp3) is 0.444. The monoisotopic (exact) mass is 343 g/mol. The summed E-state index contributed by atoms with van der Waals surface area (Å²) >= 11 is 6.25. The molecule has 0 aromatic carbocycles. The molecule has 1 saturated carbocycles. The van der Waals surface area contributed by atoms with Gasteiger partial charge in [-0.2, -0.15) is 5.10 Å². The molecule has 0 saturated heterocycles. The Morgan fingerprint density at radius 1 is 1.25 bits per heavy atom. The molecule has 24 heavy (non-hydrogen) atoms. The van der Waals surface area contributed by atoms with E-state index in [9.17, 15) is 0 Å². The van der Waals surface area contributed by atoms with Gasteiger partial charge in [-0.1, -0.05) is 18.2 Å². The highest BCUT2D eigenvalue weighted by atomic mass is 35.5. The summed E-state index contributed by atoms with van der Waals surface area (Å²) in [5.41, 5.74) is 9.10. The maximum Gasteiger partial charge on any atom is 0.164 e. The minimum Gasteiger partial charge on any atom is -0.367 e. The van der Waals surface area contributed by atoms with Crippen LogP contribution in [0.25, 0.3) is 11.2 Å². The van der Waals surface area contributed by atoms with E-state index in [1.165, 1.54) is 5.57 Å². The molecule has 2 aromatic rings. The van der Waals surface area contributed by atoms with Crippen LogP contribution < -0.4 is 11.1 Å². The van der Waals surface area contributed by atoms with Crippen molar-refractivity contribution in [2.45, 2.75) is 49.6 Å². The predicted octanol–water partition coefficient (Wildman–Crippen LogP) is 3.36. The summed E-state index contributed by atoms with van der Waals surface area (Å²) in [6.45, 7) is 0. The maximum absolute atomic E-state index is 6.25. The number of alkyl halides is 1. The Morgan fingerprint density at radius 2 is 2.08 bits per heavy atom. The lowest BCUT2D eigenvalue weighted by Crippen LogP contribution is -2.33. The van der Waals surface area contributed by atoms with Gasteiger partial charge < -0.3 is 11.1 Å². The minimum absolute atomic E-state index is 0.0349. The zero-order chi connectivity index (χ0) is 16.5. The highest BCUT2D eigenvalue weighted by Gasteiger charge is 2.20. The number of hydrogen-bond acceptors (Lipinski definition) is 4. The number of nitrogens with one attached hydrogen (secondary N) is 1. The molecule has 5 nitrogen and oxygen atoms in total. The molecular weight excluding hydrogens is 322 g/mol. The maximum atomic E-state index is 6.25. The summed E-state index contributed by atoms with van der Waals surface area (Å²) < 4.78 is 1.82. The number of hydrogen-bond donors (Lipinski definition) is 2. The van der Waals surface area contributed by atoms with Crippen molar-refractivity contribution in [1.29, 1.82) is 0 Å². The Balaban J connectivity index is 1.59. The standard InChI is InChI=1S/C18H22ClN5/c19-13-3-1-2-12(10-13)16-11-21-24-9-8-17(23-18(16)24)22-15-6-4-14(20)5-7-15/h1-3,8-9,11,13-15H,4-7,10,20H2,(H,22,23). The summed E-state index contributed by atoms with van der Waals surface area (Å²) in [6, 6.07) is 2.79. The highest BCUT2D eigenvalue weighted by Crippen LogP contribution is 2.29. The molecule has 0 spiro atoms. The number of allylic oxidation sites excluding steroid dienone is 4. The molecule has 0 aliphatic heterocycles. The van der Waals surface area contributed by atoms with E-state index >= 15 is 0 Å². The largest absolute Gasteiger partial charge is 0.367 e. The van der Waals surface area contributed by atoms with Gasteiger partial charge in [-0.25, -0.2) is 9.50 Å². The van der Waals surface area contributed by atoms with Crippen LogP contribution in [0.1, 0.15) is 37.7 Å². The Labute approximate surface area is 146 Å². The van der Waals surface area contributed by atoms with Crippen LogP contribution in [0.4, 0.5) is 5.82 Å². The summed E-state index contributed by atoms with van der Waals surface area (Å²) in [5, 5.41) is 8.01. The molecule has 6 heteroatoms. The average molecular weight is 344 g/mol. The summed E-state index contributed by atoms with van der Waals surface area (Å²) in [7, 11) is 0. The molecule has 2 aliphatic carbocycles. The van der Waals surface area contributed by atoms with Gasteiger partial charge in [-0.3, -0.25) is 0 Å². The van der Waals surface area contributed by atoms with Crippen molar-refractivity contribution in [2.75, 3.05) is 5.32 Å². The SMILES string of the molecule is NC1CCC(Nc2ccn3ncc(C4=CC=CC(Cl)C4)c3n2)CC1. The summed E-state index contributed by atoms with van der Waals surface area (Å²) in [5.74, 6) is 0.902. The van der Waals surface area contributed by atoms with Crippen molar-refractivity contribution in [3.8, 4) is 0 Å². The van der Waals surface area contributed by atoms with E-state index in [1.807, 2.05) is 35.1 Å². The molecule has 0 radical (unpaired) electrons. The second-order valence-electron chi connectivity index (χ2n) is 6.69. The van der Waals surface area contributed by atoms with E-state index < -0.39 is 0 Å². The molecule has 1 fully saturated rings. The van der Waals surface area contributed by atoms with Crippen molar-refractivity contribution in [3.63, 3.8) is 0 Å². The van der Waals surface area contributed by atoms with Crippen LogP contribution in [0.5, 0.6) is 0 Å². The topological polar surface area (TPSA) is 68.2 Å². The molecule has 0 amide bonds. The number of nitrogens with two attached hydrogens (primary N) is 1. The molecule has 1 unspecified atom stereocenters. The third-order valence-electron chi connectivity index (χ3n) is 4.87. The molecule has 2 aliphatic rings. The van der Waals surface area contributed by atoms with Gasteiger partial charge in [0, 0.05) is 23.8 Å². The molecule has 4 rings (SSSR count). The van der Waals surface area contributed by atoms with E-state index in [2.05, 4.69) is 16.5 Å². The van der Waals surface area contributed by atoms with E-state index in [0.29, 0.717) is 12.1 Å². The first-order valence-corrected chi connectivity index (χ1v) is 9.01. The number of rotatable bonds is 3. The van der Waals surface area contributed by atoms with Gasteiger partial charge in [0.25, 0.3) is 0 Å². The third kappa shape index (κ3) is 3.19. The molecular formula is C18H22ClN5. The van der Waals surface area contributed by atoms with Crippen LogP contribution in [0.15, 0.2) is 36.7 Å². The Hall–Kier alpha value is -1.85. The van der Waals surface area contributed by atoms with Gasteiger partial charge in [0.05, 0.1) is 11.6 Å². The first-order valence-electron chi connectivity index (χ1n) is 8.57. The minimum atomic E-state index is 0.0349. The molecule has 3 N–H and O–H groups in total.